The van der Waals surface area contributed by atoms with Crippen LogP contribution < -0.4 is 5.32 Å². The fourth-order valence-electron chi connectivity index (χ4n) is 2.64. The van der Waals surface area contributed by atoms with Gasteiger partial charge in [0.1, 0.15) is 10.6 Å². The van der Waals surface area contributed by atoms with E-state index in [1.807, 2.05) is 48.7 Å². The maximum Gasteiger partial charge on any atom is 0.341 e. The summed E-state index contributed by atoms with van der Waals surface area (Å²) in [7, 11) is 0. The number of thiophene rings is 1. The number of halogens is 1. The Morgan fingerprint density at radius 1 is 1.10 bits per heavy atom. The van der Waals surface area contributed by atoms with Crippen LogP contribution in [-0.2, 0) is 9.53 Å². The van der Waals surface area contributed by atoms with Gasteiger partial charge in [0, 0.05) is 20.9 Å². The summed E-state index contributed by atoms with van der Waals surface area (Å²) in [5.41, 5.74) is 3.19. The van der Waals surface area contributed by atoms with Crippen molar-refractivity contribution in [2.24, 2.45) is 0 Å². The maximum atomic E-state index is 12.6. The fraction of sp³-hybridized carbons (Fsp3) is 0.182. The summed E-state index contributed by atoms with van der Waals surface area (Å²) in [5, 5.41) is 5.89. The van der Waals surface area contributed by atoms with Crippen molar-refractivity contribution in [3.63, 3.8) is 0 Å². The van der Waals surface area contributed by atoms with Gasteiger partial charge in [-0.15, -0.1) is 23.1 Å². The zero-order chi connectivity index (χ0) is 20.8. The molecule has 1 aromatic heterocycles. The topological polar surface area (TPSA) is 55.4 Å². The largest absolute Gasteiger partial charge is 0.462 e. The van der Waals surface area contributed by atoms with Gasteiger partial charge in [0.15, 0.2) is 0 Å². The first-order valence-electron chi connectivity index (χ1n) is 9.01. The summed E-state index contributed by atoms with van der Waals surface area (Å²) in [5.74, 6) is -0.403. The first-order valence-corrected chi connectivity index (χ1v) is 11.3. The van der Waals surface area contributed by atoms with Gasteiger partial charge < -0.3 is 10.1 Å². The summed E-state index contributed by atoms with van der Waals surface area (Å²) in [4.78, 5) is 26.0. The highest BCUT2D eigenvalue weighted by Crippen LogP contribution is 2.36. The molecule has 0 spiro atoms. The number of benzene rings is 2. The smallest absolute Gasteiger partial charge is 0.341 e. The van der Waals surface area contributed by atoms with Crippen LogP contribution in [0.5, 0.6) is 0 Å². The molecule has 1 amide bonds. The number of carbonyl (C=O) groups is 2. The minimum atomic E-state index is -0.440. The molecule has 1 heterocycles. The van der Waals surface area contributed by atoms with E-state index in [0.29, 0.717) is 15.6 Å². The Morgan fingerprint density at radius 3 is 2.45 bits per heavy atom. The van der Waals surface area contributed by atoms with Gasteiger partial charge in [-0.2, -0.15) is 0 Å². The molecule has 1 N–H and O–H groups in total. The third-order valence-corrected chi connectivity index (χ3v) is 6.23. The lowest BCUT2D eigenvalue weighted by molar-refractivity contribution is -0.113. The fourth-order valence-corrected chi connectivity index (χ4v) is 4.44. The van der Waals surface area contributed by atoms with E-state index in [-0.39, 0.29) is 18.3 Å². The average Bonchev–Trinajstić information content (AvgIpc) is 3.12. The minimum absolute atomic E-state index is 0.187. The van der Waals surface area contributed by atoms with E-state index in [9.17, 15) is 9.59 Å². The highest BCUT2D eigenvalue weighted by molar-refractivity contribution is 8.00. The van der Waals surface area contributed by atoms with Crippen LogP contribution in [0.4, 0.5) is 5.00 Å². The van der Waals surface area contributed by atoms with Crippen molar-refractivity contribution in [3.05, 3.63) is 70.1 Å². The number of hydrogen-bond acceptors (Lipinski definition) is 5. The lowest BCUT2D eigenvalue weighted by atomic mass is 10.0. The lowest BCUT2D eigenvalue weighted by Crippen LogP contribution is -2.16. The molecule has 0 saturated carbocycles. The first kappa shape index (κ1) is 21.4. The van der Waals surface area contributed by atoms with Crippen LogP contribution in [0.15, 0.2) is 58.8 Å². The van der Waals surface area contributed by atoms with Gasteiger partial charge in [-0.25, -0.2) is 4.79 Å². The average molecular weight is 446 g/mol. The van der Waals surface area contributed by atoms with E-state index in [4.69, 9.17) is 16.3 Å². The van der Waals surface area contributed by atoms with Crippen molar-refractivity contribution >= 4 is 51.6 Å². The maximum absolute atomic E-state index is 12.6. The number of rotatable bonds is 7. The predicted molar refractivity (Wildman–Crippen MR) is 121 cm³/mol. The summed E-state index contributed by atoms with van der Waals surface area (Å²) >= 11 is 8.61. The van der Waals surface area contributed by atoms with E-state index in [0.717, 1.165) is 21.6 Å². The molecule has 0 saturated heterocycles. The molecule has 29 heavy (non-hydrogen) atoms. The normalized spacial score (nSPS) is 10.6. The Morgan fingerprint density at radius 2 is 1.79 bits per heavy atom. The molecular weight excluding hydrogens is 426 g/mol. The third-order valence-electron chi connectivity index (χ3n) is 4.07. The number of ether oxygens (including phenoxy) is 1. The molecule has 0 bridgehead atoms. The van der Waals surface area contributed by atoms with E-state index in [1.54, 1.807) is 19.1 Å². The molecule has 3 rings (SSSR count). The molecule has 0 aliphatic heterocycles. The van der Waals surface area contributed by atoms with Crippen LogP contribution in [0.2, 0.25) is 5.02 Å². The second-order valence-corrected chi connectivity index (χ2v) is 8.60. The van der Waals surface area contributed by atoms with Crippen LogP contribution in [0.3, 0.4) is 0 Å². The number of thioether (sulfide) groups is 1. The number of nitrogens with one attached hydrogen (secondary N) is 1. The van der Waals surface area contributed by atoms with E-state index in [1.165, 1.54) is 23.1 Å². The van der Waals surface area contributed by atoms with Crippen LogP contribution in [0.25, 0.3) is 11.1 Å². The molecule has 150 valence electrons. The van der Waals surface area contributed by atoms with Gasteiger partial charge in [-0.05, 0) is 43.7 Å². The zero-order valence-corrected chi connectivity index (χ0v) is 18.4. The van der Waals surface area contributed by atoms with Crippen LogP contribution >= 0.6 is 34.7 Å². The van der Waals surface area contributed by atoms with Crippen LogP contribution in [0, 0.1) is 6.92 Å². The molecule has 0 fully saturated rings. The highest BCUT2D eigenvalue weighted by Gasteiger charge is 2.22. The van der Waals surface area contributed by atoms with Crippen molar-refractivity contribution < 1.29 is 14.3 Å². The van der Waals surface area contributed by atoms with Crippen LogP contribution in [0.1, 0.15) is 22.8 Å². The molecule has 4 nitrogen and oxygen atoms in total. The number of anilines is 1. The van der Waals surface area contributed by atoms with Crippen LogP contribution in [-0.4, -0.2) is 24.2 Å². The molecule has 0 radical (unpaired) electrons. The van der Waals surface area contributed by atoms with Crippen molar-refractivity contribution in [2.45, 2.75) is 18.7 Å². The molecule has 0 unspecified atom stereocenters. The summed E-state index contributed by atoms with van der Waals surface area (Å²) < 4.78 is 5.23. The molecule has 0 aliphatic rings. The monoisotopic (exact) mass is 445 g/mol. The van der Waals surface area contributed by atoms with Crippen molar-refractivity contribution in [2.75, 3.05) is 17.7 Å². The van der Waals surface area contributed by atoms with Gasteiger partial charge in [-0.1, -0.05) is 41.4 Å². The van der Waals surface area contributed by atoms with Gasteiger partial charge in [-0.3, -0.25) is 4.79 Å². The Balaban J connectivity index is 1.78. The second kappa shape index (κ2) is 9.96. The molecule has 2 aromatic carbocycles. The van der Waals surface area contributed by atoms with Crippen molar-refractivity contribution in [3.8, 4) is 11.1 Å². The van der Waals surface area contributed by atoms with E-state index in [2.05, 4.69) is 5.32 Å². The summed E-state index contributed by atoms with van der Waals surface area (Å²) in [6, 6.07) is 15.2. The number of amides is 1. The molecule has 0 atom stereocenters. The summed E-state index contributed by atoms with van der Waals surface area (Å²) in [6.07, 6.45) is 0. The third kappa shape index (κ3) is 5.63. The SMILES string of the molecule is CCOC(=O)c1c(-c2ccc(C)cc2)csc1NC(=O)CSc1ccc(Cl)cc1. The predicted octanol–water partition coefficient (Wildman–Crippen LogP) is 6.28. The van der Waals surface area contributed by atoms with Gasteiger partial charge in [0.2, 0.25) is 5.91 Å². The number of aryl methyl sites for hydroxylation is 1. The zero-order valence-electron chi connectivity index (χ0n) is 16.0. The quantitative estimate of drug-likeness (QED) is 0.343. The van der Waals surface area contributed by atoms with Crippen molar-refractivity contribution in [1.29, 1.82) is 0 Å². The molecule has 0 aliphatic carbocycles. The number of carbonyl (C=O) groups excluding carboxylic acids is 2. The molecule has 3 aromatic rings. The Hall–Kier alpha value is -2.28. The van der Waals surface area contributed by atoms with E-state index < -0.39 is 5.97 Å². The number of esters is 1. The Bertz CT molecular complexity index is 998. The standard InChI is InChI=1S/C22H20ClNO3S2/c1-3-27-22(26)20-18(15-6-4-14(2)5-7-15)12-29-21(20)24-19(25)13-28-17-10-8-16(23)9-11-17/h4-12H,3,13H2,1-2H3,(H,24,25). The molecular formula is C22H20ClNO3S2. The Labute approximate surface area is 183 Å². The van der Waals surface area contributed by atoms with Gasteiger partial charge >= 0.3 is 5.97 Å². The minimum Gasteiger partial charge on any atom is -0.462 e. The van der Waals surface area contributed by atoms with Gasteiger partial charge in [0.05, 0.1) is 12.4 Å². The number of hydrogen-bond donors (Lipinski definition) is 1. The van der Waals surface area contributed by atoms with E-state index >= 15 is 0 Å². The first-order chi connectivity index (χ1) is 14.0. The van der Waals surface area contributed by atoms with Crippen molar-refractivity contribution in [1.82, 2.24) is 0 Å². The Kier molecular flexibility index (Phi) is 7.36. The summed E-state index contributed by atoms with van der Waals surface area (Å²) in [6.45, 7) is 4.03. The lowest BCUT2D eigenvalue weighted by Gasteiger charge is -2.09. The second-order valence-electron chi connectivity index (χ2n) is 6.23. The molecule has 7 heteroatoms. The highest BCUT2D eigenvalue weighted by atomic mass is 35.5. The van der Waals surface area contributed by atoms with Gasteiger partial charge in [0.25, 0.3) is 0 Å².